The third-order valence-electron chi connectivity index (χ3n) is 4.51. The van der Waals surface area contributed by atoms with Gasteiger partial charge >= 0.3 is 6.03 Å². The normalized spacial score (nSPS) is 14.6. The highest BCUT2D eigenvalue weighted by Crippen LogP contribution is 2.41. The summed E-state index contributed by atoms with van der Waals surface area (Å²) < 4.78 is 21.2. The summed E-state index contributed by atoms with van der Waals surface area (Å²) in [6.07, 6.45) is 0.789. The Bertz CT molecular complexity index is 927. The van der Waals surface area contributed by atoms with Crippen molar-refractivity contribution in [3.8, 4) is 23.0 Å². The van der Waals surface area contributed by atoms with Gasteiger partial charge in [-0.05, 0) is 30.2 Å². The maximum absolute atomic E-state index is 12.8. The number of nitrogens with zero attached hydrogens (tertiary/aromatic N) is 1. The number of amides is 3. The van der Waals surface area contributed by atoms with Crippen molar-refractivity contribution in [3.05, 3.63) is 35.9 Å². The first-order valence-electron chi connectivity index (χ1n) is 8.39. The molecule has 4 rings (SSSR count). The number of aryl methyl sites for hydroxylation is 1. The van der Waals surface area contributed by atoms with Crippen molar-refractivity contribution in [2.75, 3.05) is 31.2 Å². The van der Waals surface area contributed by atoms with Crippen LogP contribution < -0.4 is 29.2 Å². The summed E-state index contributed by atoms with van der Waals surface area (Å²) in [5.41, 5.74) is 1.85. The number of carbonyl (C=O) groups is 2. The van der Waals surface area contributed by atoms with Crippen LogP contribution in [0, 0.1) is 0 Å². The van der Waals surface area contributed by atoms with E-state index in [-0.39, 0.29) is 19.1 Å². The fourth-order valence-corrected chi connectivity index (χ4v) is 3.19. The highest BCUT2D eigenvalue weighted by Gasteiger charge is 2.32. The van der Waals surface area contributed by atoms with Crippen LogP contribution in [0.4, 0.5) is 16.2 Å². The number of methoxy groups -OCH3 is 2. The lowest BCUT2D eigenvalue weighted by Crippen LogP contribution is -2.42. The van der Waals surface area contributed by atoms with Crippen molar-refractivity contribution in [1.82, 2.24) is 0 Å². The molecule has 2 aromatic carbocycles. The van der Waals surface area contributed by atoms with Gasteiger partial charge in [-0.1, -0.05) is 0 Å². The molecule has 0 aliphatic carbocycles. The van der Waals surface area contributed by atoms with Crippen molar-refractivity contribution in [1.29, 1.82) is 0 Å². The van der Waals surface area contributed by atoms with Crippen molar-refractivity contribution in [2.45, 2.75) is 12.8 Å². The Balaban J connectivity index is 1.63. The minimum Gasteiger partial charge on any atom is -0.493 e. The lowest BCUT2D eigenvalue weighted by molar-refractivity contribution is -0.118. The molecule has 27 heavy (non-hydrogen) atoms. The van der Waals surface area contributed by atoms with Gasteiger partial charge in [0.15, 0.2) is 23.0 Å². The zero-order valence-corrected chi connectivity index (χ0v) is 14.9. The number of hydrogen-bond acceptors (Lipinski definition) is 6. The van der Waals surface area contributed by atoms with Crippen LogP contribution in [0.15, 0.2) is 30.3 Å². The summed E-state index contributed by atoms with van der Waals surface area (Å²) in [7, 11) is 3.04. The molecule has 2 aliphatic rings. The standard InChI is InChI=1S/C19H18N2O6/c1-24-14-5-4-12(8-15(14)25-2)20-19(23)21-13-9-17-16(26-10-27-17)7-11(13)3-6-18(21)22/h4-5,7-9H,3,6,10H2,1-2H3,(H,20,23). The van der Waals surface area contributed by atoms with E-state index >= 15 is 0 Å². The topological polar surface area (TPSA) is 86.3 Å². The van der Waals surface area contributed by atoms with Gasteiger partial charge in [0.2, 0.25) is 12.7 Å². The molecule has 2 heterocycles. The average Bonchev–Trinajstić information content (AvgIpc) is 3.13. The van der Waals surface area contributed by atoms with Gasteiger partial charge in [-0.2, -0.15) is 0 Å². The Labute approximate surface area is 155 Å². The zero-order valence-electron chi connectivity index (χ0n) is 14.9. The molecule has 0 bridgehead atoms. The minimum atomic E-state index is -0.549. The molecule has 3 amide bonds. The predicted molar refractivity (Wildman–Crippen MR) is 96.9 cm³/mol. The number of urea groups is 1. The minimum absolute atomic E-state index is 0.129. The second kappa shape index (κ2) is 6.71. The van der Waals surface area contributed by atoms with Crippen LogP contribution in [0.3, 0.4) is 0 Å². The molecular formula is C19H18N2O6. The van der Waals surface area contributed by atoms with Crippen LogP contribution in [-0.4, -0.2) is 33.0 Å². The highest BCUT2D eigenvalue weighted by molar-refractivity contribution is 6.20. The lowest BCUT2D eigenvalue weighted by atomic mass is 10.0. The van der Waals surface area contributed by atoms with E-state index in [0.717, 1.165) is 10.5 Å². The molecule has 140 valence electrons. The van der Waals surface area contributed by atoms with E-state index in [9.17, 15) is 9.59 Å². The SMILES string of the molecule is COc1ccc(NC(=O)N2C(=O)CCc3cc4c(cc32)OCO4)cc1OC. The quantitative estimate of drug-likeness (QED) is 0.894. The molecule has 2 aliphatic heterocycles. The van der Waals surface area contributed by atoms with Crippen molar-refractivity contribution < 1.29 is 28.5 Å². The second-order valence-corrected chi connectivity index (χ2v) is 6.06. The number of hydrogen-bond donors (Lipinski definition) is 1. The molecule has 8 nitrogen and oxygen atoms in total. The summed E-state index contributed by atoms with van der Waals surface area (Å²) in [5, 5.41) is 2.74. The third kappa shape index (κ3) is 2.99. The number of fused-ring (bicyclic) bond motifs is 2. The van der Waals surface area contributed by atoms with Crippen LogP contribution in [0.5, 0.6) is 23.0 Å². The van der Waals surface area contributed by atoms with E-state index in [2.05, 4.69) is 5.32 Å². The van der Waals surface area contributed by atoms with Crippen molar-refractivity contribution in [3.63, 3.8) is 0 Å². The Morgan fingerprint density at radius 2 is 1.78 bits per heavy atom. The number of carbonyl (C=O) groups excluding carboxylic acids is 2. The number of rotatable bonds is 3. The van der Waals surface area contributed by atoms with Gasteiger partial charge in [0.05, 0.1) is 19.9 Å². The molecule has 0 spiro atoms. The van der Waals surface area contributed by atoms with Gasteiger partial charge in [-0.15, -0.1) is 0 Å². The molecule has 0 saturated carbocycles. The Morgan fingerprint density at radius 3 is 2.52 bits per heavy atom. The fraction of sp³-hybridized carbons (Fsp3) is 0.263. The van der Waals surface area contributed by atoms with Crippen LogP contribution in [0.25, 0.3) is 0 Å². The summed E-state index contributed by atoms with van der Waals surface area (Å²) >= 11 is 0. The first kappa shape index (κ1) is 17.0. The van der Waals surface area contributed by atoms with Gasteiger partial charge in [0, 0.05) is 24.2 Å². The van der Waals surface area contributed by atoms with Gasteiger partial charge in [-0.25, -0.2) is 9.69 Å². The molecule has 0 saturated heterocycles. The summed E-state index contributed by atoms with van der Waals surface area (Å²) in [5.74, 6) is 1.89. The Kier molecular flexibility index (Phi) is 4.23. The van der Waals surface area contributed by atoms with E-state index < -0.39 is 6.03 Å². The number of anilines is 2. The van der Waals surface area contributed by atoms with E-state index in [0.29, 0.717) is 40.8 Å². The van der Waals surface area contributed by atoms with Crippen LogP contribution >= 0.6 is 0 Å². The van der Waals surface area contributed by atoms with Crippen molar-refractivity contribution in [2.24, 2.45) is 0 Å². The molecule has 2 aromatic rings. The van der Waals surface area contributed by atoms with Gasteiger partial charge < -0.3 is 24.3 Å². The smallest absolute Gasteiger partial charge is 0.333 e. The second-order valence-electron chi connectivity index (χ2n) is 6.06. The molecule has 1 N–H and O–H groups in total. The number of benzene rings is 2. The molecule has 0 unspecified atom stereocenters. The maximum Gasteiger partial charge on any atom is 0.333 e. The highest BCUT2D eigenvalue weighted by atomic mass is 16.7. The van der Waals surface area contributed by atoms with Gasteiger partial charge in [0.1, 0.15) is 0 Å². The van der Waals surface area contributed by atoms with Gasteiger partial charge in [-0.3, -0.25) is 4.79 Å². The Morgan fingerprint density at radius 1 is 1.04 bits per heavy atom. The monoisotopic (exact) mass is 370 g/mol. The average molecular weight is 370 g/mol. The van der Waals surface area contributed by atoms with Crippen LogP contribution in [0.1, 0.15) is 12.0 Å². The van der Waals surface area contributed by atoms with E-state index in [4.69, 9.17) is 18.9 Å². The first-order chi connectivity index (χ1) is 13.1. The summed E-state index contributed by atoms with van der Waals surface area (Å²) in [4.78, 5) is 26.4. The molecule has 0 radical (unpaired) electrons. The first-order valence-corrected chi connectivity index (χ1v) is 8.39. The maximum atomic E-state index is 12.8. The molecular weight excluding hydrogens is 352 g/mol. The predicted octanol–water partition coefficient (Wildman–Crippen LogP) is 2.94. The summed E-state index contributed by atoms with van der Waals surface area (Å²) in [6.45, 7) is 0.129. The number of ether oxygens (including phenoxy) is 4. The van der Waals surface area contributed by atoms with Crippen LogP contribution in [0.2, 0.25) is 0 Å². The van der Waals surface area contributed by atoms with E-state index in [1.807, 2.05) is 6.07 Å². The lowest BCUT2D eigenvalue weighted by Gasteiger charge is -2.28. The molecule has 0 aromatic heterocycles. The Hall–Kier alpha value is -3.42. The van der Waals surface area contributed by atoms with E-state index in [1.54, 1.807) is 24.3 Å². The van der Waals surface area contributed by atoms with E-state index in [1.165, 1.54) is 14.2 Å². The molecule has 0 atom stereocenters. The molecule has 0 fully saturated rings. The number of nitrogens with one attached hydrogen (secondary N) is 1. The van der Waals surface area contributed by atoms with Crippen LogP contribution in [-0.2, 0) is 11.2 Å². The largest absolute Gasteiger partial charge is 0.493 e. The number of imide groups is 1. The van der Waals surface area contributed by atoms with Gasteiger partial charge in [0.25, 0.3) is 0 Å². The molecule has 8 heteroatoms. The van der Waals surface area contributed by atoms with Crippen molar-refractivity contribution >= 4 is 23.3 Å². The summed E-state index contributed by atoms with van der Waals surface area (Å²) in [6, 6.07) is 7.93. The zero-order chi connectivity index (χ0) is 19.0. The third-order valence-corrected chi connectivity index (χ3v) is 4.51. The fourth-order valence-electron chi connectivity index (χ4n) is 3.19.